The van der Waals surface area contributed by atoms with Gasteiger partial charge in [0.2, 0.25) is 0 Å². The van der Waals surface area contributed by atoms with E-state index in [4.69, 9.17) is 17.9 Å². The third kappa shape index (κ3) is 8.11. The fourth-order valence-electron chi connectivity index (χ4n) is 8.81. The number of pyridine rings is 1. The van der Waals surface area contributed by atoms with Gasteiger partial charge in [0.25, 0.3) is 0 Å². The number of aromatic nitrogens is 3. The van der Waals surface area contributed by atoms with Gasteiger partial charge in [-0.3, -0.25) is 4.98 Å². The molecule has 65 heavy (non-hydrogen) atoms. The number of hydrogen-bond donors (Lipinski definition) is 0. The van der Waals surface area contributed by atoms with Crippen molar-refractivity contribution in [2.24, 2.45) is 0 Å². The predicted molar refractivity (Wildman–Crippen MR) is 265 cm³/mol. The molecule has 0 bridgehead atoms. The fraction of sp³-hybridized carbons (Fsp3) is 0.186. The van der Waals surface area contributed by atoms with E-state index in [0.29, 0.717) is 22.5 Å². The molecule has 0 aliphatic rings. The average Bonchev–Trinajstić information content (AvgIpc) is 4.01. The summed E-state index contributed by atoms with van der Waals surface area (Å²) in [5.74, 6) is 0.935. The molecular formula is C59H51IrN3O2-2. The SMILES string of the molecule is CC(C)(C)c1ccnc(-c2[c-]cccc2)c1.[2H]C([2H])([2H])c1ccc2nc(-c3[c-]ccc4c3oc3cc5c(cc34)oc3ccccc35)n(-c3c(C(C)C)cc(-c4ccccc4)cc3C(C)C)c2c1.[Ir]. The Labute approximate surface area is 398 Å². The molecule has 325 valence electrons. The zero-order chi connectivity index (χ0) is 46.8. The van der Waals surface area contributed by atoms with Gasteiger partial charge in [0, 0.05) is 52.3 Å². The van der Waals surface area contributed by atoms with E-state index in [9.17, 15) is 0 Å². The smallest absolute Gasteiger partial charge is 0.136 e. The molecule has 4 heterocycles. The Morgan fingerprint density at radius 1 is 0.631 bits per heavy atom. The van der Waals surface area contributed by atoms with Crippen molar-refractivity contribution in [3.8, 4) is 39.5 Å². The Bertz CT molecular complexity index is 3590. The molecule has 0 N–H and O–H groups in total. The second-order valence-electron chi connectivity index (χ2n) is 18.2. The molecule has 0 atom stereocenters. The summed E-state index contributed by atoms with van der Waals surface area (Å²) < 4.78 is 40.0. The van der Waals surface area contributed by atoms with Crippen molar-refractivity contribution in [2.75, 3.05) is 0 Å². The first kappa shape index (κ1) is 40.0. The van der Waals surface area contributed by atoms with Gasteiger partial charge in [-0.25, -0.2) is 0 Å². The van der Waals surface area contributed by atoms with Crippen molar-refractivity contribution in [1.82, 2.24) is 14.5 Å². The number of hydrogen-bond acceptors (Lipinski definition) is 4. The molecule has 0 saturated carbocycles. The van der Waals surface area contributed by atoms with Crippen LogP contribution in [0.2, 0.25) is 0 Å². The monoisotopic (exact) mass is 1030 g/mol. The molecule has 11 aromatic rings. The summed E-state index contributed by atoms with van der Waals surface area (Å²) in [5, 5.41) is 3.90. The van der Waals surface area contributed by atoms with E-state index in [1.54, 1.807) is 12.1 Å². The second-order valence-corrected chi connectivity index (χ2v) is 18.2. The summed E-state index contributed by atoms with van der Waals surface area (Å²) in [6, 6.07) is 55.2. The topological polar surface area (TPSA) is 57.0 Å². The minimum atomic E-state index is -2.28. The van der Waals surface area contributed by atoms with Crippen molar-refractivity contribution < 1.29 is 33.1 Å². The van der Waals surface area contributed by atoms with Gasteiger partial charge in [-0.2, -0.15) is 0 Å². The van der Waals surface area contributed by atoms with Gasteiger partial charge >= 0.3 is 0 Å². The van der Waals surface area contributed by atoms with Crippen molar-refractivity contribution >= 4 is 54.9 Å². The summed E-state index contributed by atoms with van der Waals surface area (Å²) in [4.78, 5) is 9.63. The number of furan rings is 2. The molecule has 4 aromatic heterocycles. The number of nitrogens with zero attached hydrogens (tertiary/aromatic N) is 3. The van der Waals surface area contributed by atoms with E-state index in [-0.39, 0.29) is 42.9 Å². The van der Waals surface area contributed by atoms with E-state index < -0.39 is 6.85 Å². The molecule has 5 nitrogen and oxygen atoms in total. The molecule has 7 aromatic carbocycles. The maximum Gasteiger partial charge on any atom is 0.136 e. The van der Waals surface area contributed by atoms with Crippen LogP contribution in [-0.2, 0) is 25.5 Å². The van der Waals surface area contributed by atoms with E-state index in [1.807, 2.05) is 72.9 Å². The van der Waals surface area contributed by atoms with Crippen LogP contribution >= 0.6 is 0 Å². The quantitative estimate of drug-likeness (QED) is 0.156. The zero-order valence-electron chi connectivity index (χ0n) is 40.6. The van der Waals surface area contributed by atoms with Gasteiger partial charge in [0.1, 0.15) is 16.7 Å². The van der Waals surface area contributed by atoms with Crippen LogP contribution in [0.4, 0.5) is 0 Å². The Hall–Kier alpha value is -6.59. The summed E-state index contributed by atoms with van der Waals surface area (Å²) in [7, 11) is 0. The largest absolute Gasteiger partial charge is 0.501 e. The third-order valence-corrected chi connectivity index (χ3v) is 12.2. The molecule has 11 rings (SSSR count). The number of para-hydroxylation sites is 1. The summed E-state index contributed by atoms with van der Waals surface area (Å²) >= 11 is 0. The number of benzene rings is 7. The molecular weight excluding hydrogens is 975 g/mol. The Balaban J connectivity index is 0.000000289. The molecule has 1 radical (unpaired) electrons. The van der Waals surface area contributed by atoms with Crippen LogP contribution in [0.25, 0.3) is 94.4 Å². The zero-order valence-corrected chi connectivity index (χ0v) is 40.0. The molecule has 0 aliphatic heterocycles. The van der Waals surface area contributed by atoms with Crippen LogP contribution in [0, 0.1) is 19.0 Å². The minimum Gasteiger partial charge on any atom is -0.501 e. The average molecular weight is 1030 g/mol. The van der Waals surface area contributed by atoms with Crippen LogP contribution < -0.4 is 0 Å². The maximum atomic E-state index is 8.28. The van der Waals surface area contributed by atoms with Gasteiger partial charge in [0.05, 0.1) is 22.4 Å². The number of rotatable bonds is 6. The Morgan fingerprint density at radius 2 is 1.34 bits per heavy atom. The van der Waals surface area contributed by atoms with Gasteiger partial charge in [-0.15, -0.1) is 54.1 Å². The first-order valence-electron chi connectivity index (χ1n) is 23.5. The molecule has 0 unspecified atom stereocenters. The van der Waals surface area contributed by atoms with Crippen molar-refractivity contribution in [3.05, 3.63) is 186 Å². The van der Waals surface area contributed by atoms with E-state index >= 15 is 0 Å². The van der Waals surface area contributed by atoms with Crippen LogP contribution in [0.15, 0.2) is 161 Å². The standard InChI is InChI=1S/C44H35N2O2.C15H16N.Ir/c1-25(2)33-21-29(28-12-7-6-8-13-28)22-34(26(3)4)42(33)46-38-20-27(5)18-19-37(38)45-44(46)32-16-11-15-31-36-24-40-35(23-41(36)48-43(31)32)30-14-9-10-17-39(30)47-40;1-15(2,3)13-9-10-16-14(11-13)12-7-5-4-6-8-12;/h6-15,17-26H,1-5H3;4-7,9-11H,1-3H3;/q2*-1;/i5D3;;. The molecule has 0 amide bonds. The van der Waals surface area contributed by atoms with E-state index in [0.717, 1.165) is 83.0 Å². The van der Waals surface area contributed by atoms with Crippen LogP contribution in [-0.4, -0.2) is 14.5 Å². The summed E-state index contributed by atoms with van der Waals surface area (Å²) in [6.45, 7) is 13.2. The minimum absolute atomic E-state index is 0. The summed E-state index contributed by atoms with van der Waals surface area (Å²) in [6.07, 6.45) is 1.87. The first-order valence-corrected chi connectivity index (χ1v) is 22.0. The van der Waals surface area contributed by atoms with Crippen molar-refractivity contribution in [3.63, 3.8) is 0 Å². The number of imidazole rings is 1. The molecule has 0 saturated heterocycles. The molecule has 6 heteroatoms. The number of fused-ring (bicyclic) bond motifs is 7. The first-order chi connectivity index (χ1) is 32.1. The molecule has 0 spiro atoms. The van der Waals surface area contributed by atoms with Crippen molar-refractivity contribution in [2.45, 2.75) is 72.6 Å². The normalized spacial score (nSPS) is 12.7. The number of aryl methyl sites for hydroxylation is 1. The van der Waals surface area contributed by atoms with Gasteiger partial charge in [-0.1, -0.05) is 120 Å². The van der Waals surface area contributed by atoms with Crippen LogP contribution in [0.3, 0.4) is 0 Å². The fourth-order valence-corrected chi connectivity index (χ4v) is 8.81. The predicted octanol–water partition coefficient (Wildman–Crippen LogP) is 16.4. The van der Waals surface area contributed by atoms with E-state index in [1.165, 1.54) is 5.56 Å². The van der Waals surface area contributed by atoms with Gasteiger partial charge < -0.3 is 18.4 Å². The molecule has 0 fully saturated rings. The van der Waals surface area contributed by atoms with Crippen LogP contribution in [0.1, 0.15) is 86.7 Å². The maximum absolute atomic E-state index is 8.28. The van der Waals surface area contributed by atoms with Crippen molar-refractivity contribution in [1.29, 1.82) is 0 Å². The Morgan fingerprint density at radius 3 is 2.05 bits per heavy atom. The second kappa shape index (κ2) is 17.4. The Kier molecular flexibility index (Phi) is 10.7. The van der Waals surface area contributed by atoms with Gasteiger partial charge in [0.15, 0.2) is 0 Å². The molecule has 0 aliphatic carbocycles. The van der Waals surface area contributed by atoms with Gasteiger partial charge in [-0.05, 0) is 112 Å². The van der Waals surface area contributed by atoms with E-state index in [2.05, 4.69) is 137 Å². The third-order valence-electron chi connectivity index (χ3n) is 12.2. The summed E-state index contributed by atoms with van der Waals surface area (Å²) in [5.41, 5.74) is 14.5. The van der Waals surface area contributed by atoms with Crippen LogP contribution in [0.5, 0.6) is 0 Å².